The van der Waals surface area contributed by atoms with Crippen LogP contribution in [0.15, 0.2) is 35.2 Å². The number of carbonyl (C=O) groups excluding carboxylic acids is 2. The number of hydrogen-bond donors (Lipinski definition) is 2. The summed E-state index contributed by atoms with van der Waals surface area (Å²) in [4.78, 5) is 23.6. The number of rotatable bonds is 4. The number of ether oxygens (including phenoxy) is 3. The Balaban J connectivity index is 1.70. The maximum Gasteiger partial charge on any atom is 0.265 e. The summed E-state index contributed by atoms with van der Waals surface area (Å²) in [5, 5.41) is 2.60. The second-order valence-corrected chi connectivity index (χ2v) is 8.00. The number of carbonyl (C=O) groups is 2. The van der Waals surface area contributed by atoms with Gasteiger partial charge in [-0.05, 0) is 38.1 Å². The molecule has 9 nitrogen and oxygen atoms in total. The van der Waals surface area contributed by atoms with E-state index in [4.69, 9.17) is 14.2 Å². The monoisotopic (exact) mass is 404 g/mol. The summed E-state index contributed by atoms with van der Waals surface area (Å²) >= 11 is 0. The molecule has 1 amide bonds. The van der Waals surface area contributed by atoms with E-state index in [1.54, 1.807) is 6.92 Å². The van der Waals surface area contributed by atoms with Gasteiger partial charge in [0.1, 0.15) is 5.75 Å². The molecule has 0 fully saturated rings. The standard InChI is InChI=1S/C18H16N2O7S/c1-9(21)12-6-16-17(26-8-25-16)7-13(12)20-28(23,24)11-3-4-15-14(5-11)19-18(22)10(2)27-15/h3-7,10,20H,8H2,1-2H3,(H,19,22)/t10-/m0/s1. The van der Waals surface area contributed by atoms with Gasteiger partial charge in [-0.3, -0.25) is 14.3 Å². The van der Waals surface area contributed by atoms with Gasteiger partial charge >= 0.3 is 0 Å². The molecule has 28 heavy (non-hydrogen) atoms. The van der Waals surface area contributed by atoms with Gasteiger partial charge in [0.25, 0.3) is 15.9 Å². The van der Waals surface area contributed by atoms with Crippen LogP contribution in [0.5, 0.6) is 17.2 Å². The van der Waals surface area contributed by atoms with Crippen LogP contribution in [0.1, 0.15) is 24.2 Å². The Bertz CT molecular complexity index is 1110. The highest BCUT2D eigenvalue weighted by Gasteiger charge is 2.27. The number of Topliss-reactive ketones (excluding diaryl/α,β-unsaturated/α-hetero) is 1. The molecule has 2 heterocycles. The maximum absolute atomic E-state index is 12.9. The van der Waals surface area contributed by atoms with E-state index >= 15 is 0 Å². The lowest BCUT2D eigenvalue weighted by molar-refractivity contribution is -0.122. The fraction of sp³-hybridized carbons (Fsp3) is 0.222. The third-order valence-electron chi connectivity index (χ3n) is 4.33. The lowest BCUT2D eigenvalue weighted by Gasteiger charge is -2.23. The lowest BCUT2D eigenvalue weighted by atomic mass is 10.1. The zero-order valence-corrected chi connectivity index (χ0v) is 15.8. The Labute approximate surface area is 160 Å². The molecule has 2 aliphatic rings. The van der Waals surface area contributed by atoms with Gasteiger partial charge in [-0.1, -0.05) is 0 Å². The Kier molecular flexibility index (Phi) is 4.15. The van der Waals surface area contributed by atoms with Gasteiger partial charge < -0.3 is 19.5 Å². The average Bonchev–Trinajstić information content (AvgIpc) is 3.08. The highest BCUT2D eigenvalue weighted by atomic mass is 32.2. The fourth-order valence-corrected chi connectivity index (χ4v) is 3.97. The minimum absolute atomic E-state index is 0.00811. The van der Waals surface area contributed by atoms with Crippen molar-refractivity contribution in [3.05, 3.63) is 35.9 Å². The number of anilines is 2. The van der Waals surface area contributed by atoms with E-state index in [0.717, 1.165) is 0 Å². The average molecular weight is 404 g/mol. The SMILES string of the molecule is CC(=O)c1cc2c(cc1NS(=O)(=O)c1ccc3c(c1)NC(=O)[C@H](C)O3)OCO2. The highest BCUT2D eigenvalue weighted by molar-refractivity contribution is 7.92. The van der Waals surface area contributed by atoms with Crippen LogP contribution in [0.25, 0.3) is 0 Å². The fourth-order valence-electron chi connectivity index (χ4n) is 2.88. The summed E-state index contributed by atoms with van der Waals surface area (Å²) in [7, 11) is -4.06. The summed E-state index contributed by atoms with van der Waals surface area (Å²) < 4.78 is 44.0. The predicted octanol–water partition coefficient (Wildman–Crippen LogP) is 2.14. The molecular formula is C18H16N2O7S. The first kappa shape index (κ1) is 18.1. The molecule has 1 atom stereocenters. The van der Waals surface area contributed by atoms with Crippen molar-refractivity contribution >= 4 is 33.1 Å². The third kappa shape index (κ3) is 3.11. The van der Waals surface area contributed by atoms with Crippen LogP contribution in [0.3, 0.4) is 0 Å². The van der Waals surface area contributed by atoms with E-state index in [-0.39, 0.29) is 40.3 Å². The molecule has 0 spiro atoms. The van der Waals surface area contributed by atoms with Crippen molar-refractivity contribution in [3.63, 3.8) is 0 Å². The quantitative estimate of drug-likeness (QED) is 0.749. The van der Waals surface area contributed by atoms with Crippen molar-refractivity contribution in [1.29, 1.82) is 0 Å². The molecule has 0 aliphatic carbocycles. The molecule has 2 N–H and O–H groups in total. The first-order valence-electron chi connectivity index (χ1n) is 8.33. The van der Waals surface area contributed by atoms with Crippen LogP contribution in [-0.2, 0) is 14.8 Å². The normalized spacial score (nSPS) is 17.4. The van der Waals surface area contributed by atoms with Crippen molar-refractivity contribution in [1.82, 2.24) is 0 Å². The van der Waals surface area contributed by atoms with E-state index in [2.05, 4.69) is 10.0 Å². The molecule has 0 saturated carbocycles. The molecule has 2 aromatic rings. The maximum atomic E-state index is 12.9. The van der Waals surface area contributed by atoms with Crippen molar-refractivity contribution < 1.29 is 32.2 Å². The van der Waals surface area contributed by atoms with Gasteiger partial charge in [-0.25, -0.2) is 8.42 Å². The van der Waals surface area contributed by atoms with E-state index in [9.17, 15) is 18.0 Å². The third-order valence-corrected chi connectivity index (χ3v) is 5.69. The van der Waals surface area contributed by atoms with Gasteiger partial charge in [-0.2, -0.15) is 0 Å². The number of fused-ring (bicyclic) bond motifs is 2. The predicted molar refractivity (Wildman–Crippen MR) is 98.5 cm³/mol. The van der Waals surface area contributed by atoms with Crippen LogP contribution in [-0.4, -0.2) is 33.0 Å². The highest BCUT2D eigenvalue weighted by Crippen LogP contribution is 2.38. The van der Waals surface area contributed by atoms with Crippen molar-refractivity contribution in [2.75, 3.05) is 16.8 Å². The molecular weight excluding hydrogens is 388 g/mol. The summed E-state index contributed by atoms with van der Waals surface area (Å²) in [5.74, 6) is 0.373. The second-order valence-electron chi connectivity index (χ2n) is 6.32. The van der Waals surface area contributed by atoms with E-state index in [0.29, 0.717) is 17.2 Å². The molecule has 146 valence electrons. The van der Waals surface area contributed by atoms with Gasteiger partial charge in [0, 0.05) is 11.6 Å². The van der Waals surface area contributed by atoms with Crippen molar-refractivity contribution in [2.24, 2.45) is 0 Å². The van der Waals surface area contributed by atoms with Gasteiger partial charge in [0.2, 0.25) is 6.79 Å². The van der Waals surface area contributed by atoms with Crippen LogP contribution in [0.2, 0.25) is 0 Å². The van der Waals surface area contributed by atoms with Gasteiger partial charge in [0.05, 0.1) is 16.3 Å². The number of sulfonamides is 1. The lowest BCUT2D eigenvalue weighted by Crippen LogP contribution is -2.34. The van der Waals surface area contributed by atoms with Crippen molar-refractivity contribution in [2.45, 2.75) is 24.8 Å². The number of benzene rings is 2. The molecule has 4 rings (SSSR count). The summed E-state index contributed by atoms with van der Waals surface area (Å²) in [5.41, 5.74) is 0.475. The van der Waals surface area contributed by atoms with Crippen LogP contribution in [0.4, 0.5) is 11.4 Å². The first-order chi connectivity index (χ1) is 13.2. The molecule has 0 radical (unpaired) electrons. The second kappa shape index (κ2) is 6.41. The molecule has 2 aliphatic heterocycles. The Hall–Kier alpha value is -3.27. The number of hydrogen-bond acceptors (Lipinski definition) is 7. The van der Waals surface area contributed by atoms with Crippen molar-refractivity contribution in [3.8, 4) is 17.2 Å². The molecule has 0 aromatic heterocycles. The van der Waals surface area contributed by atoms with Crippen LogP contribution >= 0.6 is 0 Å². The molecule has 10 heteroatoms. The summed E-state index contributed by atoms with van der Waals surface area (Å²) in [6, 6.07) is 6.95. The summed E-state index contributed by atoms with van der Waals surface area (Å²) in [6.45, 7) is 2.90. The largest absolute Gasteiger partial charge is 0.479 e. The molecule has 2 aromatic carbocycles. The van der Waals surface area contributed by atoms with E-state index in [1.165, 1.54) is 37.3 Å². The van der Waals surface area contributed by atoms with Gasteiger partial charge in [-0.15, -0.1) is 0 Å². The minimum Gasteiger partial charge on any atom is -0.479 e. The topological polar surface area (TPSA) is 120 Å². The number of nitrogens with one attached hydrogen (secondary N) is 2. The number of ketones is 1. The van der Waals surface area contributed by atoms with E-state index in [1.807, 2.05) is 0 Å². The summed E-state index contributed by atoms with van der Waals surface area (Å²) in [6.07, 6.45) is -0.667. The first-order valence-corrected chi connectivity index (χ1v) is 9.82. The zero-order valence-electron chi connectivity index (χ0n) is 14.9. The van der Waals surface area contributed by atoms with Gasteiger partial charge in [0.15, 0.2) is 23.4 Å². The zero-order chi connectivity index (χ0) is 20.1. The van der Waals surface area contributed by atoms with E-state index < -0.39 is 16.1 Å². The Morgan fingerprint density at radius 1 is 1.14 bits per heavy atom. The molecule has 0 saturated heterocycles. The smallest absolute Gasteiger partial charge is 0.265 e. The molecule has 0 unspecified atom stereocenters. The molecule has 0 bridgehead atoms. The van der Waals surface area contributed by atoms with Crippen LogP contribution in [0, 0.1) is 0 Å². The minimum atomic E-state index is -4.06. The van der Waals surface area contributed by atoms with Crippen LogP contribution < -0.4 is 24.2 Å². The Morgan fingerprint density at radius 2 is 1.86 bits per heavy atom. The Morgan fingerprint density at radius 3 is 2.57 bits per heavy atom. The number of amides is 1.